The largest absolute Gasteiger partial charge is 0.491 e. The van der Waals surface area contributed by atoms with E-state index in [0.29, 0.717) is 85.0 Å². The number of anilines is 1. The quantitative estimate of drug-likeness (QED) is 0.166. The third kappa shape index (κ3) is 17.4. The van der Waals surface area contributed by atoms with Crippen LogP contribution in [0.3, 0.4) is 0 Å². The Labute approximate surface area is 183 Å². The highest BCUT2D eigenvalue weighted by Crippen LogP contribution is 2.12. The van der Waals surface area contributed by atoms with Crippen LogP contribution in [-0.2, 0) is 38.0 Å². The minimum Gasteiger partial charge on any atom is -0.491 e. The van der Waals surface area contributed by atoms with Gasteiger partial charge in [-0.2, -0.15) is 0 Å². The molecular formula is C21H35NO9. The number of nitrogen functional groups attached to an aromatic ring is 1. The third-order valence-electron chi connectivity index (χ3n) is 3.68. The Hall–Kier alpha value is -1.95. The number of esters is 1. The molecule has 0 unspecified atom stereocenters. The van der Waals surface area contributed by atoms with E-state index in [-0.39, 0.29) is 6.61 Å². The summed E-state index contributed by atoms with van der Waals surface area (Å²) >= 11 is 0. The average molecular weight is 446 g/mol. The summed E-state index contributed by atoms with van der Waals surface area (Å²) in [6.45, 7) is 5.53. The van der Waals surface area contributed by atoms with Gasteiger partial charge in [0.25, 0.3) is 0 Å². The van der Waals surface area contributed by atoms with E-state index in [1.807, 2.05) is 12.1 Å². The lowest BCUT2D eigenvalue weighted by Gasteiger charge is -2.09. The summed E-state index contributed by atoms with van der Waals surface area (Å²) in [5, 5.41) is 0. The number of methoxy groups -OCH3 is 1. The van der Waals surface area contributed by atoms with Crippen LogP contribution < -0.4 is 10.5 Å². The molecular weight excluding hydrogens is 410 g/mol. The Bertz CT molecular complexity index is 542. The first-order valence-electron chi connectivity index (χ1n) is 10.2. The van der Waals surface area contributed by atoms with Gasteiger partial charge in [-0.15, -0.1) is 0 Å². The lowest BCUT2D eigenvalue weighted by molar-refractivity contribution is -0.146. The standard InChI is InChI=1S/C21H35NO9/c1-24-21(23)18-30-15-14-28-11-10-26-7-6-25-8-9-27-12-13-29-16-17-31-20-4-2-19(22)3-5-20/h2-5H,6-18,22H2,1H3. The van der Waals surface area contributed by atoms with E-state index in [2.05, 4.69) is 4.74 Å². The van der Waals surface area contributed by atoms with E-state index in [0.717, 1.165) is 5.75 Å². The number of carbonyl (C=O) groups excluding carboxylic acids is 1. The van der Waals surface area contributed by atoms with Gasteiger partial charge >= 0.3 is 5.97 Å². The molecule has 10 nitrogen and oxygen atoms in total. The molecule has 0 radical (unpaired) electrons. The van der Waals surface area contributed by atoms with Gasteiger partial charge in [0.1, 0.15) is 19.0 Å². The fourth-order valence-corrected chi connectivity index (χ4v) is 2.10. The van der Waals surface area contributed by atoms with E-state index in [1.54, 1.807) is 12.1 Å². The minimum absolute atomic E-state index is 0.0648. The molecule has 0 atom stereocenters. The predicted octanol–water partition coefficient (Wildman–Crippen LogP) is 0.920. The fourth-order valence-electron chi connectivity index (χ4n) is 2.10. The molecule has 0 aliphatic rings. The molecule has 1 aromatic carbocycles. The number of benzene rings is 1. The number of hydrogen-bond donors (Lipinski definition) is 1. The van der Waals surface area contributed by atoms with Crippen LogP contribution in [0.4, 0.5) is 5.69 Å². The first-order valence-corrected chi connectivity index (χ1v) is 10.2. The Balaban J connectivity index is 1.70. The first-order chi connectivity index (χ1) is 15.2. The maximum atomic E-state index is 10.8. The molecule has 0 saturated carbocycles. The zero-order chi connectivity index (χ0) is 22.4. The van der Waals surface area contributed by atoms with Gasteiger partial charge in [-0.05, 0) is 24.3 Å². The smallest absolute Gasteiger partial charge is 0.331 e. The number of carbonyl (C=O) groups is 1. The highest BCUT2D eigenvalue weighted by Gasteiger charge is 1.99. The maximum absolute atomic E-state index is 10.8. The van der Waals surface area contributed by atoms with Crippen LogP contribution in [0.15, 0.2) is 24.3 Å². The maximum Gasteiger partial charge on any atom is 0.331 e. The van der Waals surface area contributed by atoms with Crippen molar-refractivity contribution in [2.24, 2.45) is 0 Å². The molecule has 10 heteroatoms. The second-order valence-corrected chi connectivity index (χ2v) is 6.11. The number of ether oxygens (including phenoxy) is 8. The van der Waals surface area contributed by atoms with Crippen molar-refractivity contribution >= 4 is 11.7 Å². The SMILES string of the molecule is COC(=O)COCCOCCOCCOCCOCCOCCOc1ccc(N)cc1. The fraction of sp³-hybridized carbons (Fsp3) is 0.667. The predicted molar refractivity (Wildman–Crippen MR) is 113 cm³/mol. The topological polar surface area (TPSA) is 117 Å². The van der Waals surface area contributed by atoms with Gasteiger partial charge in [-0.25, -0.2) is 4.79 Å². The van der Waals surface area contributed by atoms with E-state index in [1.165, 1.54) is 7.11 Å². The first kappa shape index (κ1) is 27.1. The molecule has 178 valence electrons. The van der Waals surface area contributed by atoms with Gasteiger partial charge in [0.2, 0.25) is 0 Å². The number of nitrogens with two attached hydrogens (primary N) is 1. The van der Waals surface area contributed by atoms with E-state index < -0.39 is 5.97 Å². The zero-order valence-corrected chi connectivity index (χ0v) is 18.3. The average Bonchev–Trinajstić information content (AvgIpc) is 2.78. The Morgan fingerprint density at radius 3 is 1.45 bits per heavy atom. The van der Waals surface area contributed by atoms with E-state index in [9.17, 15) is 4.79 Å². The summed E-state index contributed by atoms with van der Waals surface area (Å²) in [4.78, 5) is 10.8. The van der Waals surface area contributed by atoms with Crippen molar-refractivity contribution in [1.29, 1.82) is 0 Å². The number of hydrogen-bond acceptors (Lipinski definition) is 10. The van der Waals surface area contributed by atoms with Gasteiger partial charge in [0.05, 0.1) is 79.8 Å². The molecule has 31 heavy (non-hydrogen) atoms. The Morgan fingerprint density at radius 2 is 1.03 bits per heavy atom. The molecule has 2 N–H and O–H groups in total. The summed E-state index contributed by atoms with van der Waals surface area (Å²) in [5.74, 6) is 0.364. The normalized spacial score (nSPS) is 10.9. The van der Waals surface area contributed by atoms with Crippen molar-refractivity contribution in [3.63, 3.8) is 0 Å². The van der Waals surface area contributed by atoms with Gasteiger partial charge in [-0.3, -0.25) is 0 Å². The molecule has 0 amide bonds. The van der Waals surface area contributed by atoms with Crippen molar-refractivity contribution in [1.82, 2.24) is 0 Å². The minimum atomic E-state index is -0.404. The van der Waals surface area contributed by atoms with Crippen LogP contribution >= 0.6 is 0 Å². The molecule has 0 fully saturated rings. The molecule has 0 heterocycles. The summed E-state index contributed by atoms with van der Waals surface area (Å²) in [7, 11) is 1.31. The molecule has 0 spiro atoms. The molecule has 1 aromatic rings. The van der Waals surface area contributed by atoms with Gasteiger partial charge in [0.15, 0.2) is 0 Å². The van der Waals surface area contributed by atoms with Crippen molar-refractivity contribution in [2.45, 2.75) is 0 Å². The Kier molecular flexibility index (Phi) is 17.5. The van der Waals surface area contributed by atoms with Crippen LogP contribution in [0.25, 0.3) is 0 Å². The lowest BCUT2D eigenvalue weighted by Crippen LogP contribution is -2.16. The van der Waals surface area contributed by atoms with Crippen molar-refractivity contribution < 1.29 is 42.7 Å². The van der Waals surface area contributed by atoms with Crippen LogP contribution in [-0.4, -0.2) is 99.0 Å². The van der Waals surface area contributed by atoms with Crippen LogP contribution in [0.2, 0.25) is 0 Å². The molecule has 0 aliphatic carbocycles. The molecule has 0 aromatic heterocycles. The summed E-state index contributed by atoms with van der Waals surface area (Å²) < 4.78 is 41.9. The highest BCUT2D eigenvalue weighted by molar-refractivity contribution is 5.70. The summed E-state index contributed by atoms with van der Waals surface area (Å²) in [6, 6.07) is 7.24. The summed E-state index contributed by atoms with van der Waals surface area (Å²) in [6.07, 6.45) is 0. The van der Waals surface area contributed by atoms with Crippen LogP contribution in [0, 0.1) is 0 Å². The summed E-state index contributed by atoms with van der Waals surface area (Å²) in [5.41, 5.74) is 6.32. The molecule has 0 aliphatic heterocycles. The molecule has 0 bridgehead atoms. The zero-order valence-electron chi connectivity index (χ0n) is 18.3. The van der Waals surface area contributed by atoms with Gasteiger partial charge < -0.3 is 43.6 Å². The van der Waals surface area contributed by atoms with Crippen LogP contribution in [0.5, 0.6) is 5.75 Å². The second kappa shape index (κ2) is 20.0. The van der Waals surface area contributed by atoms with Crippen molar-refractivity contribution in [3.8, 4) is 5.75 Å². The molecule has 1 rings (SSSR count). The van der Waals surface area contributed by atoms with E-state index in [4.69, 9.17) is 38.9 Å². The Morgan fingerprint density at radius 1 is 0.645 bits per heavy atom. The second-order valence-electron chi connectivity index (χ2n) is 6.11. The van der Waals surface area contributed by atoms with Gasteiger partial charge in [-0.1, -0.05) is 0 Å². The molecule has 0 saturated heterocycles. The van der Waals surface area contributed by atoms with Gasteiger partial charge in [0, 0.05) is 5.69 Å². The van der Waals surface area contributed by atoms with Crippen molar-refractivity contribution in [2.75, 3.05) is 98.7 Å². The highest BCUT2D eigenvalue weighted by atomic mass is 16.6. The monoisotopic (exact) mass is 445 g/mol. The number of rotatable bonds is 21. The van der Waals surface area contributed by atoms with Crippen molar-refractivity contribution in [3.05, 3.63) is 24.3 Å². The third-order valence-corrected chi connectivity index (χ3v) is 3.68. The van der Waals surface area contributed by atoms with E-state index >= 15 is 0 Å². The van der Waals surface area contributed by atoms with Crippen LogP contribution in [0.1, 0.15) is 0 Å². The lowest BCUT2D eigenvalue weighted by atomic mass is 10.3.